The van der Waals surface area contributed by atoms with E-state index in [4.69, 9.17) is 0 Å². The molecule has 0 N–H and O–H groups in total. The van der Waals surface area contributed by atoms with E-state index in [2.05, 4.69) is 68.2 Å². The molecule has 2 bridgehead atoms. The number of fused-ring (bicyclic) bond motifs is 1. The molecule has 3 aliphatic carbocycles. The molecule has 2 atom stereocenters. The van der Waals surface area contributed by atoms with Gasteiger partial charge in [-0.05, 0) is 46.9 Å². The topological polar surface area (TPSA) is 34.1 Å². The third-order valence-electron chi connectivity index (χ3n) is 7.37. The summed E-state index contributed by atoms with van der Waals surface area (Å²) in [5.74, 6) is -0.0330. The van der Waals surface area contributed by atoms with Gasteiger partial charge in [0.25, 0.3) is 0 Å². The summed E-state index contributed by atoms with van der Waals surface area (Å²) in [6.07, 6.45) is 0. The Hall–Kier alpha value is -2.17. The number of hydrogen-bond acceptors (Lipinski definition) is 2. The van der Waals surface area contributed by atoms with Crippen LogP contribution in [0.1, 0.15) is 41.0 Å². The molecule has 3 aromatic rings. The molecule has 0 fully saturated rings. The fourth-order valence-corrected chi connectivity index (χ4v) is 13.3. The van der Waals surface area contributed by atoms with Gasteiger partial charge in [0.2, 0.25) is 0 Å². The van der Waals surface area contributed by atoms with Crippen LogP contribution in [0.3, 0.4) is 0 Å². The largest absolute Gasteiger partial charge is 0.223 e. The number of sulfone groups is 1. The van der Waals surface area contributed by atoms with Crippen molar-refractivity contribution in [2.75, 3.05) is 0 Å². The van der Waals surface area contributed by atoms with Gasteiger partial charge in [-0.3, -0.25) is 0 Å². The molecule has 0 saturated heterocycles. The summed E-state index contributed by atoms with van der Waals surface area (Å²) in [5.41, 5.74) is 5.13. The van der Waals surface area contributed by atoms with Crippen LogP contribution in [0, 0.1) is 0 Å². The average Bonchev–Trinajstić information content (AvgIpc) is 2.73. The predicted molar refractivity (Wildman–Crippen MR) is 126 cm³/mol. The van der Waals surface area contributed by atoms with Gasteiger partial charge in [0, 0.05) is 11.8 Å². The molecule has 3 aromatic carbocycles. The van der Waals surface area contributed by atoms with E-state index >= 15 is 0 Å². The summed E-state index contributed by atoms with van der Waals surface area (Å²) in [4.78, 5) is 0.443. The van der Waals surface area contributed by atoms with Crippen molar-refractivity contribution >= 4 is 17.9 Å². The molecule has 0 radical (unpaired) electrons. The van der Waals surface area contributed by atoms with Crippen LogP contribution in [-0.2, 0) is 9.84 Å². The molecule has 2 unspecified atom stereocenters. The molecule has 2 nitrogen and oxygen atoms in total. The van der Waals surface area contributed by atoms with Crippen LogP contribution in [0.5, 0.6) is 0 Å². The van der Waals surface area contributed by atoms with Crippen molar-refractivity contribution in [1.29, 1.82) is 0 Å². The van der Waals surface area contributed by atoms with Gasteiger partial charge in [0.15, 0.2) is 9.84 Å². The zero-order valence-electron chi connectivity index (χ0n) is 18.0. The Morgan fingerprint density at radius 3 is 1.60 bits per heavy atom. The van der Waals surface area contributed by atoms with E-state index in [1.807, 2.05) is 25.1 Å². The van der Waals surface area contributed by atoms with Crippen molar-refractivity contribution in [3.63, 3.8) is 0 Å². The highest BCUT2D eigenvalue weighted by Gasteiger charge is 2.65. The van der Waals surface area contributed by atoms with Crippen LogP contribution in [0.2, 0.25) is 25.2 Å². The number of benzene rings is 3. The molecular formula is C26H28O2SSi. The monoisotopic (exact) mass is 432 g/mol. The molecule has 6 rings (SSSR count). The average molecular weight is 433 g/mol. The van der Waals surface area contributed by atoms with E-state index < -0.39 is 22.7 Å². The highest BCUT2D eigenvalue weighted by atomic mass is 32.2. The minimum absolute atomic E-state index is 0.0880. The lowest BCUT2D eigenvalue weighted by Gasteiger charge is -2.59. The highest BCUT2D eigenvalue weighted by Crippen LogP contribution is 2.68. The van der Waals surface area contributed by atoms with E-state index in [-0.39, 0.29) is 17.4 Å². The minimum atomic E-state index is -3.58. The summed E-state index contributed by atoms with van der Waals surface area (Å²) in [6, 6.07) is 26.2. The lowest BCUT2D eigenvalue weighted by Crippen LogP contribution is -2.60. The Bertz CT molecular complexity index is 1180. The Labute approximate surface area is 180 Å². The third kappa shape index (κ3) is 2.44. The van der Waals surface area contributed by atoms with Crippen molar-refractivity contribution < 1.29 is 8.42 Å². The smallest absolute Gasteiger partial charge is 0.184 e. The second kappa shape index (κ2) is 6.41. The predicted octanol–water partition coefficient (Wildman–Crippen LogP) is 6.22. The second-order valence-electron chi connectivity index (χ2n) is 10.0. The van der Waals surface area contributed by atoms with Crippen molar-refractivity contribution in [2.45, 2.75) is 53.6 Å². The molecule has 0 aromatic heterocycles. The van der Waals surface area contributed by atoms with E-state index in [0.29, 0.717) is 4.90 Å². The van der Waals surface area contributed by atoms with Gasteiger partial charge in [-0.2, -0.15) is 0 Å². The lowest BCUT2D eigenvalue weighted by molar-refractivity contribution is 0.386. The van der Waals surface area contributed by atoms with E-state index in [1.54, 1.807) is 12.1 Å². The summed E-state index contributed by atoms with van der Waals surface area (Å²) in [7, 11) is -5.48. The second-order valence-corrected chi connectivity index (χ2v) is 17.7. The van der Waals surface area contributed by atoms with Gasteiger partial charge in [-0.15, -0.1) is 0 Å². The van der Waals surface area contributed by atoms with Crippen LogP contribution in [0.15, 0.2) is 83.8 Å². The molecule has 0 saturated carbocycles. The highest BCUT2D eigenvalue weighted by molar-refractivity contribution is 7.93. The first-order chi connectivity index (χ1) is 14.2. The molecule has 0 spiro atoms. The molecule has 0 aliphatic heterocycles. The number of hydrogen-bond donors (Lipinski definition) is 0. The maximum absolute atomic E-state index is 14.4. The van der Waals surface area contributed by atoms with E-state index in [9.17, 15) is 8.42 Å². The molecule has 3 aliphatic rings. The Balaban J connectivity index is 1.90. The van der Waals surface area contributed by atoms with Gasteiger partial charge in [0.1, 0.15) is 0 Å². The first-order valence-electron chi connectivity index (χ1n) is 10.7. The Kier molecular flexibility index (Phi) is 4.23. The van der Waals surface area contributed by atoms with Gasteiger partial charge < -0.3 is 0 Å². The Morgan fingerprint density at radius 1 is 0.700 bits per heavy atom. The van der Waals surface area contributed by atoms with Gasteiger partial charge in [-0.25, -0.2) is 8.42 Å². The third-order valence-corrected chi connectivity index (χ3v) is 12.9. The zero-order valence-corrected chi connectivity index (χ0v) is 19.8. The summed E-state index contributed by atoms with van der Waals surface area (Å²) >= 11 is 0. The summed E-state index contributed by atoms with van der Waals surface area (Å²) in [6.45, 7) is 9.05. The van der Waals surface area contributed by atoms with Crippen molar-refractivity contribution in [1.82, 2.24) is 0 Å². The standard InChI is InChI=1S/C26H28O2SSi/c1-26(29(27,28)18-12-6-5-7-13-18)24-21-16-10-8-14-19(21)23(25(26)30(2,3)4)20-15-9-11-17-22(20)24/h5-17,23-25H,1-4H3. The first-order valence-corrected chi connectivity index (χ1v) is 15.7. The SMILES string of the molecule is CC1(S(=O)(=O)c2ccccc2)C2c3ccccc3C(c3ccccc32)C1[Si](C)(C)C. The van der Waals surface area contributed by atoms with Gasteiger partial charge in [-0.1, -0.05) is 86.4 Å². The first kappa shape index (κ1) is 19.8. The lowest BCUT2D eigenvalue weighted by atomic mass is 9.58. The molecule has 0 heterocycles. The zero-order chi connectivity index (χ0) is 21.3. The van der Waals surface area contributed by atoms with Crippen LogP contribution < -0.4 is 0 Å². The van der Waals surface area contributed by atoms with Crippen molar-refractivity contribution in [3.8, 4) is 0 Å². The van der Waals surface area contributed by atoms with Crippen LogP contribution in [0.4, 0.5) is 0 Å². The Morgan fingerprint density at radius 2 is 1.13 bits per heavy atom. The molecule has 30 heavy (non-hydrogen) atoms. The summed E-state index contributed by atoms with van der Waals surface area (Å²) in [5, 5.41) is 0. The molecule has 4 heteroatoms. The summed E-state index contributed by atoms with van der Waals surface area (Å²) < 4.78 is 27.9. The fourth-order valence-electron chi connectivity index (χ4n) is 6.47. The molecular weight excluding hydrogens is 404 g/mol. The van der Waals surface area contributed by atoms with Crippen LogP contribution >= 0.6 is 0 Å². The maximum atomic E-state index is 14.4. The van der Waals surface area contributed by atoms with Crippen molar-refractivity contribution in [2.24, 2.45) is 0 Å². The normalized spacial score (nSPS) is 27.4. The van der Waals surface area contributed by atoms with Crippen LogP contribution in [0.25, 0.3) is 0 Å². The molecule has 0 amide bonds. The molecule has 154 valence electrons. The van der Waals surface area contributed by atoms with E-state index in [0.717, 1.165) is 0 Å². The van der Waals surface area contributed by atoms with Gasteiger partial charge >= 0.3 is 0 Å². The van der Waals surface area contributed by atoms with E-state index in [1.165, 1.54) is 22.3 Å². The van der Waals surface area contributed by atoms with Crippen molar-refractivity contribution in [3.05, 3.63) is 101 Å². The van der Waals surface area contributed by atoms with Gasteiger partial charge in [0.05, 0.1) is 17.7 Å². The number of rotatable bonds is 3. The fraction of sp³-hybridized carbons (Fsp3) is 0.308. The van der Waals surface area contributed by atoms with Crippen LogP contribution in [-0.4, -0.2) is 21.2 Å². The maximum Gasteiger partial charge on any atom is 0.184 e. The minimum Gasteiger partial charge on any atom is -0.223 e. The quantitative estimate of drug-likeness (QED) is 0.461.